The van der Waals surface area contributed by atoms with Crippen LogP contribution < -0.4 is 5.32 Å². The summed E-state index contributed by atoms with van der Waals surface area (Å²) in [5, 5.41) is 3.41. The summed E-state index contributed by atoms with van der Waals surface area (Å²) in [6.07, 6.45) is 3.07. The van der Waals surface area contributed by atoms with E-state index in [2.05, 4.69) is 63.7 Å². The minimum Gasteiger partial charge on any atom is -0.314 e. The Kier molecular flexibility index (Phi) is 5.00. The number of halogens is 1. The highest BCUT2D eigenvalue weighted by molar-refractivity contribution is 14.1. The zero-order valence-electron chi connectivity index (χ0n) is 10.0. The molecule has 0 unspecified atom stereocenters. The molecule has 92 valence electrons. The van der Waals surface area contributed by atoms with Crippen LogP contribution in [0.2, 0.25) is 0 Å². The topological polar surface area (TPSA) is 15.3 Å². The Bertz CT molecular complexity index is 372. The first-order chi connectivity index (χ1) is 8.33. The molecule has 1 saturated heterocycles. The van der Waals surface area contributed by atoms with E-state index >= 15 is 0 Å². The fourth-order valence-electron chi connectivity index (χ4n) is 2.37. The van der Waals surface area contributed by atoms with Crippen molar-refractivity contribution in [2.45, 2.75) is 12.5 Å². The number of benzene rings is 1. The lowest BCUT2D eigenvalue weighted by atomic mass is 10.0. The van der Waals surface area contributed by atoms with E-state index in [1.165, 1.54) is 9.13 Å². The van der Waals surface area contributed by atoms with Crippen LogP contribution in [0.4, 0.5) is 0 Å². The third-order valence-electron chi connectivity index (χ3n) is 3.25. The Balaban J connectivity index is 2.21. The highest BCUT2D eigenvalue weighted by Gasteiger charge is 2.22. The average Bonchev–Trinajstić information content (AvgIpc) is 2.38. The monoisotopic (exact) mass is 342 g/mol. The number of nitrogens with zero attached hydrogens (tertiary/aromatic N) is 1. The van der Waals surface area contributed by atoms with Gasteiger partial charge in [-0.1, -0.05) is 24.3 Å². The van der Waals surface area contributed by atoms with Crippen molar-refractivity contribution < 1.29 is 0 Å². The minimum absolute atomic E-state index is 0.489. The van der Waals surface area contributed by atoms with Crippen molar-refractivity contribution in [1.29, 1.82) is 0 Å². The molecule has 0 aromatic heterocycles. The molecule has 2 rings (SSSR count). The Morgan fingerprint density at radius 1 is 1.35 bits per heavy atom. The van der Waals surface area contributed by atoms with Crippen molar-refractivity contribution in [3.63, 3.8) is 0 Å². The Morgan fingerprint density at radius 3 is 2.71 bits per heavy atom. The molecule has 17 heavy (non-hydrogen) atoms. The van der Waals surface area contributed by atoms with E-state index in [9.17, 15) is 0 Å². The lowest BCUT2D eigenvalue weighted by molar-refractivity contribution is 0.174. The predicted molar refractivity (Wildman–Crippen MR) is 81.2 cm³/mol. The molecule has 2 nitrogen and oxygen atoms in total. The summed E-state index contributed by atoms with van der Waals surface area (Å²) < 4.78 is 1.36. The summed E-state index contributed by atoms with van der Waals surface area (Å²) in [5.74, 6) is 0. The van der Waals surface area contributed by atoms with Crippen molar-refractivity contribution in [3.05, 3.63) is 46.1 Å². The molecule has 1 aliphatic heterocycles. The zero-order valence-corrected chi connectivity index (χ0v) is 12.2. The Hall–Kier alpha value is -0.390. The van der Waals surface area contributed by atoms with Gasteiger partial charge in [0, 0.05) is 35.8 Å². The number of nitrogens with one attached hydrogen (secondary N) is 1. The summed E-state index contributed by atoms with van der Waals surface area (Å²) in [6.45, 7) is 8.35. The first kappa shape index (κ1) is 13.1. The molecule has 1 heterocycles. The van der Waals surface area contributed by atoms with Crippen molar-refractivity contribution in [2.24, 2.45) is 0 Å². The van der Waals surface area contributed by atoms with Crippen molar-refractivity contribution in [2.75, 3.05) is 26.2 Å². The maximum absolute atomic E-state index is 3.91. The van der Waals surface area contributed by atoms with E-state index in [0.29, 0.717) is 6.04 Å². The zero-order chi connectivity index (χ0) is 12.1. The highest BCUT2D eigenvalue weighted by atomic mass is 127. The second kappa shape index (κ2) is 6.52. The summed E-state index contributed by atoms with van der Waals surface area (Å²) in [5.41, 5.74) is 1.44. The molecule has 3 heteroatoms. The molecule has 1 aromatic carbocycles. The standard InChI is InChI=1S/C14H19IN2/c1-2-5-14(17-10-8-16-9-11-17)12-6-3-4-7-13(12)15/h2-4,6-7,14,16H,1,5,8-11H2/t14-/m1/s1. The lowest BCUT2D eigenvalue weighted by Gasteiger charge is -2.35. The predicted octanol–water partition coefficient (Wildman–Crippen LogP) is 2.81. The fourth-order valence-corrected chi connectivity index (χ4v) is 3.12. The van der Waals surface area contributed by atoms with Crippen LogP contribution in [0.25, 0.3) is 0 Å². The number of piperazine rings is 1. The van der Waals surface area contributed by atoms with E-state index in [-0.39, 0.29) is 0 Å². The van der Waals surface area contributed by atoms with Crippen LogP contribution in [-0.4, -0.2) is 31.1 Å². The van der Waals surface area contributed by atoms with E-state index in [1.807, 2.05) is 6.08 Å². The normalized spacial score (nSPS) is 18.9. The number of rotatable bonds is 4. The molecule has 0 saturated carbocycles. The summed E-state index contributed by atoms with van der Waals surface area (Å²) in [6, 6.07) is 9.17. The first-order valence-corrected chi connectivity index (χ1v) is 7.21. The minimum atomic E-state index is 0.489. The van der Waals surface area contributed by atoms with Crippen LogP contribution in [0.1, 0.15) is 18.0 Å². The molecule has 0 radical (unpaired) electrons. The molecule has 0 amide bonds. The number of hydrogen-bond acceptors (Lipinski definition) is 2. The second-order valence-corrected chi connectivity index (χ2v) is 5.51. The van der Waals surface area contributed by atoms with Crippen LogP contribution in [0.3, 0.4) is 0 Å². The molecule has 1 aromatic rings. The van der Waals surface area contributed by atoms with E-state index in [0.717, 1.165) is 32.6 Å². The molecular weight excluding hydrogens is 323 g/mol. The van der Waals surface area contributed by atoms with Crippen molar-refractivity contribution in [3.8, 4) is 0 Å². The molecule has 0 bridgehead atoms. The molecule has 0 spiro atoms. The lowest BCUT2D eigenvalue weighted by Crippen LogP contribution is -2.45. The third-order valence-corrected chi connectivity index (χ3v) is 4.23. The smallest absolute Gasteiger partial charge is 0.0393 e. The van der Waals surface area contributed by atoms with Gasteiger partial charge in [0.1, 0.15) is 0 Å². The maximum Gasteiger partial charge on any atom is 0.0393 e. The molecule has 0 aliphatic carbocycles. The molecule has 1 fully saturated rings. The first-order valence-electron chi connectivity index (χ1n) is 6.13. The van der Waals surface area contributed by atoms with Gasteiger partial charge in [0.05, 0.1) is 0 Å². The van der Waals surface area contributed by atoms with Crippen LogP contribution in [0.15, 0.2) is 36.9 Å². The quantitative estimate of drug-likeness (QED) is 0.669. The van der Waals surface area contributed by atoms with E-state index in [1.54, 1.807) is 0 Å². The van der Waals surface area contributed by atoms with Crippen LogP contribution in [0, 0.1) is 3.57 Å². The summed E-state index contributed by atoms with van der Waals surface area (Å²) in [7, 11) is 0. The van der Waals surface area contributed by atoms with Gasteiger partial charge in [-0.25, -0.2) is 0 Å². The largest absolute Gasteiger partial charge is 0.314 e. The van der Waals surface area contributed by atoms with Gasteiger partial charge in [0.25, 0.3) is 0 Å². The van der Waals surface area contributed by atoms with Crippen LogP contribution >= 0.6 is 22.6 Å². The van der Waals surface area contributed by atoms with Gasteiger partial charge in [0.2, 0.25) is 0 Å². The average molecular weight is 342 g/mol. The maximum atomic E-state index is 3.91. The molecule has 1 atom stereocenters. The number of hydrogen-bond donors (Lipinski definition) is 1. The Labute approximate surface area is 117 Å². The van der Waals surface area contributed by atoms with Crippen molar-refractivity contribution >= 4 is 22.6 Å². The van der Waals surface area contributed by atoms with Gasteiger partial charge in [-0.15, -0.1) is 6.58 Å². The summed E-state index contributed by atoms with van der Waals surface area (Å²) in [4.78, 5) is 2.57. The Morgan fingerprint density at radius 2 is 2.06 bits per heavy atom. The molecular formula is C14H19IN2. The van der Waals surface area contributed by atoms with Gasteiger partial charge < -0.3 is 5.32 Å². The van der Waals surface area contributed by atoms with Gasteiger partial charge in [-0.3, -0.25) is 4.90 Å². The molecule has 1 aliphatic rings. The molecule has 1 N–H and O–H groups in total. The van der Waals surface area contributed by atoms with Crippen LogP contribution in [-0.2, 0) is 0 Å². The highest BCUT2D eigenvalue weighted by Crippen LogP contribution is 2.28. The van der Waals surface area contributed by atoms with Gasteiger partial charge in [0.15, 0.2) is 0 Å². The third kappa shape index (κ3) is 3.30. The van der Waals surface area contributed by atoms with Crippen LogP contribution in [0.5, 0.6) is 0 Å². The van der Waals surface area contributed by atoms with Gasteiger partial charge in [-0.05, 0) is 40.6 Å². The van der Waals surface area contributed by atoms with Gasteiger partial charge >= 0.3 is 0 Å². The SMILES string of the molecule is C=CC[C@H](c1ccccc1I)N1CCNCC1. The fraction of sp³-hybridized carbons (Fsp3) is 0.429. The second-order valence-electron chi connectivity index (χ2n) is 4.35. The summed E-state index contributed by atoms with van der Waals surface area (Å²) >= 11 is 2.43. The van der Waals surface area contributed by atoms with E-state index in [4.69, 9.17) is 0 Å². The van der Waals surface area contributed by atoms with E-state index < -0.39 is 0 Å². The van der Waals surface area contributed by atoms with Crippen molar-refractivity contribution in [1.82, 2.24) is 10.2 Å². The van der Waals surface area contributed by atoms with Gasteiger partial charge in [-0.2, -0.15) is 0 Å².